The molecule has 3 heterocycles. The van der Waals surface area contributed by atoms with Crippen LogP contribution in [-0.2, 0) is 4.84 Å². The Morgan fingerprint density at radius 1 is 1.12 bits per heavy atom. The normalized spacial score (nSPS) is 15.8. The van der Waals surface area contributed by atoms with Crippen LogP contribution < -0.4 is 11.1 Å². The number of benzene rings is 2. The van der Waals surface area contributed by atoms with Crippen LogP contribution in [0.5, 0.6) is 0 Å². The second-order valence-electron chi connectivity index (χ2n) is 7.82. The van der Waals surface area contributed by atoms with Gasteiger partial charge in [0, 0.05) is 29.9 Å². The van der Waals surface area contributed by atoms with E-state index in [1.165, 1.54) is 12.1 Å². The van der Waals surface area contributed by atoms with Gasteiger partial charge < -0.3 is 11.1 Å². The molecule has 2 amide bonds. The number of fused-ring (bicyclic) bond motifs is 1. The third kappa shape index (κ3) is 4.08. The third-order valence-corrected chi connectivity index (χ3v) is 5.53. The number of carbonyl (C=O) groups is 1. The standard InChI is InChI=1S/C23H20F2N6O2/c1-13-2-3-14(15-4-5-21-28-22(26)29-30(21)12-15)10-19(13)27-23(32)31-20(6-7-33-31)16-8-17(24)11-18(25)9-16/h2-5,8-12,20H,6-7H2,1H3,(H2,26,29)(H,27,32)/t20-/m0/s1. The summed E-state index contributed by atoms with van der Waals surface area (Å²) in [7, 11) is 0. The predicted octanol–water partition coefficient (Wildman–Crippen LogP) is 4.48. The monoisotopic (exact) mass is 450 g/mol. The van der Waals surface area contributed by atoms with Crippen LogP contribution in [0.3, 0.4) is 0 Å². The number of halogens is 2. The van der Waals surface area contributed by atoms with Gasteiger partial charge in [-0.1, -0.05) is 12.1 Å². The van der Waals surface area contributed by atoms with Gasteiger partial charge in [0.15, 0.2) is 5.65 Å². The maximum Gasteiger partial charge on any atom is 0.346 e. The molecule has 10 heteroatoms. The van der Waals surface area contributed by atoms with Gasteiger partial charge in [-0.25, -0.2) is 18.1 Å². The fourth-order valence-electron chi connectivity index (χ4n) is 3.92. The molecule has 2 aromatic carbocycles. The van der Waals surface area contributed by atoms with Crippen molar-refractivity contribution < 1.29 is 18.4 Å². The van der Waals surface area contributed by atoms with Gasteiger partial charge >= 0.3 is 6.03 Å². The zero-order valence-electron chi connectivity index (χ0n) is 17.6. The van der Waals surface area contributed by atoms with Gasteiger partial charge in [0.05, 0.1) is 12.6 Å². The first-order chi connectivity index (χ1) is 15.9. The summed E-state index contributed by atoms with van der Waals surface area (Å²) in [6.07, 6.45) is 2.23. The van der Waals surface area contributed by atoms with Crippen LogP contribution in [0, 0.1) is 18.6 Å². The second kappa shape index (κ2) is 8.14. The van der Waals surface area contributed by atoms with Gasteiger partial charge in [0.1, 0.15) is 11.6 Å². The Kier molecular flexibility index (Phi) is 5.14. The number of amides is 2. The molecule has 5 rings (SSSR count). The molecule has 1 atom stereocenters. The summed E-state index contributed by atoms with van der Waals surface area (Å²) in [4.78, 5) is 22.6. The summed E-state index contributed by atoms with van der Waals surface area (Å²) in [5.74, 6) is -1.22. The van der Waals surface area contributed by atoms with E-state index in [2.05, 4.69) is 15.4 Å². The molecule has 0 unspecified atom stereocenters. The maximum absolute atomic E-state index is 13.7. The van der Waals surface area contributed by atoms with E-state index in [-0.39, 0.29) is 12.6 Å². The Morgan fingerprint density at radius 2 is 1.88 bits per heavy atom. The number of nitrogen functional groups attached to an aromatic ring is 1. The molecule has 3 N–H and O–H groups in total. The summed E-state index contributed by atoms with van der Waals surface area (Å²) in [5, 5.41) is 8.11. The van der Waals surface area contributed by atoms with Crippen molar-refractivity contribution in [2.45, 2.75) is 19.4 Å². The Morgan fingerprint density at radius 3 is 2.67 bits per heavy atom. The molecular formula is C23H20F2N6O2. The molecule has 4 aromatic rings. The number of nitrogens with two attached hydrogens (primary N) is 1. The van der Waals surface area contributed by atoms with Gasteiger partial charge in [-0.3, -0.25) is 4.84 Å². The molecule has 1 aliphatic heterocycles. The summed E-state index contributed by atoms with van der Waals surface area (Å²) in [6.45, 7) is 2.13. The number of hydroxylamine groups is 2. The number of hydrogen-bond acceptors (Lipinski definition) is 5. The molecule has 0 spiro atoms. The zero-order chi connectivity index (χ0) is 23.1. The molecule has 8 nitrogen and oxygen atoms in total. The summed E-state index contributed by atoms with van der Waals surface area (Å²) in [5.41, 5.74) is 9.74. The highest BCUT2D eigenvalue weighted by Crippen LogP contribution is 2.33. The molecule has 1 fully saturated rings. The van der Waals surface area contributed by atoms with Crippen LogP contribution in [0.25, 0.3) is 16.8 Å². The van der Waals surface area contributed by atoms with E-state index < -0.39 is 23.7 Å². The number of aryl methyl sites for hydroxylation is 1. The van der Waals surface area contributed by atoms with E-state index in [4.69, 9.17) is 10.6 Å². The van der Waals surface area contributed by atoms with Crippen LogP contribution in [0.15, 0.2) is 54.7 Å². The molecule has 168 valence electrons. The fraction of sp³-hybridized carbons (Fsp3) is 0.174. The van der Waals surface area contributed by atoms with E-state index in [1.54, 1.807) is 16.8 Å². The number of nitrogens with zero attached hydrogens (tertiary/aromatic N) is 4. The Balaban J connectivity index is 1.40. The minimum atomic E-state index is -0.702. The Labute approximate surface area is 187 Å². The van der Waals surface area contributed by atoms with Crippen LogP contribution in [0.2, 0.25) is 0 Å². The number of anilines is 2. The SMILES string of the molecule is Cc1ccc(-c2ccc3nc(N)nn3c2)cc1NC(=O)N1OCC[C@H]1c1cc(F)cc(F)c1. The van der Waals surface area contributed by atoms with Crippen molar-refractivity contribution in [2.75, 3.05) is 17.7 Å². The van der Waals surface area contributed by atoms with E-state index in [0.29, 0.717) is 23.3 Å². The molecule has 0 bridgehead atoms. The highest BCUT2D eigenvalue weighted by Gasteiger charge is 2.32. The number of hydrogen-bond donors (Lipinski definition) is 2. The van der Waals surface area contributed by atoms with E-state index >= 15 is 0 Å². The lowest BCUT2D eigenvalue weighted by molar-refractivity contribution is -0.0830. The number of nitrogens with one attached hydrogen (secondary N) is 1. The first-order valence-corrected chi connectivity index (χ1v) is 10.3. The van der Waals surface area contributed by atoms with Gasteiger partial charge in [0.25, 0.3) is 0 Å². The van der Waals surface area contributed by atoms with Crippen molar-refractivity contribution in [3.63, 3.8) is 0 Å². The van der Waals surface area contributed by atoms with E-state index in [1.807, 2.05) is 31.2 Å². The van der Waals surface area contributed by atoms with Crippen molar-refractivity contribution in [1.82, 2.24) is 19.7 Å². The first-order valence-electron chi connectivity index (χ1n) is 10.3. The second-order valence-corrected chi connectivity index (χ2v) is 7.82. The smallest absolute Gasteiger partial charge is 0.346 e. The lowest BCUT2D eigenvalue weighted by atomic mass is 10.0. The molecule has 0 aliphatic carbocycles. The van der Waals surface area contributed by atoms with Crippen molar-refractivity contribution in [1.29, 1.82) is 0 Å². The summed E-state index contributed by atoms with van der Waals surface area (Å²) >= 11 is 0. The van der Waals surface area contributed by atoms with E-state index in [9.17, 15) is 13.6 Å². The largest absolute Gasteiger partial charge is 0.366 e. The van der Waals surface area contributed by atoms with Crippen molar-refractivity contribution in [3.05, 3.63) is 77.5 Å². The topological polar surface area (TPSA) is 97.8 Å². The number of pyridine rings is 1. The highest BCUT2D eigenvalue weighted by molar-refractivity contribution is 5.91. The molecule has 2 aromatic heterocycles. The highest BCUT2D eigenvalue weighted by atomic mass is 19.1. The predicted molar refractivity (Wildman–Crippen MR) is 118 cm³/mol. The maximum atomic E-state index is 13.7. The summed E-state index contributed by atoms with van der Waals surface area (Å²) in [6, 6.07) is 11.4. The fourth-order valence-corrected chi connectivity index (χ4v) is 3.92. The average molecular weight is 450 g/mol. The van der Waals surface area contributed by atoms with Crippen molar-refractivity contribution in [3.8, 4) is 11.1 Å². The number of carbonyl (C=O) groups excluding carboxylic acids is 1. The molecule has 1 aliphatic rings. The number of aromatic nitrogens is 3. The van der Waals surface area contributed by atoms with Crippen LogP contribution in [0.1, 0.15) is 23.6 Å². The first kappa shape index (κ1) is 20.8. The number of urea groups is 1. The van der Waals surface area contributed by atoms with E-state index in [0.717, 1.165) is 27.8 Å². The van der Waals surface area contributed by atoms with Gasteiger partial charge in [0.2, 0.25) is 5.95 Å². The van der Waals surface area contributed by atoms with Gasteiger partial charge in [-0.15, -0.1) is 5.10 Å². The molecule has 0 radical (unpaired) electrons. The lowest BCUT2D eigenvalue weighted by Crippen LogP contribution is -2.33. The Hall–Kier alpha value is -4.05. The quantitative estimate of drug-likeness (QED) is 0.480. The molecule has 33 heavy (non-hydrogen) atoms. The van der Waals surface area contributed by atoms with Crippen molar-refractivity contribution in [2.24, 2.45) is 0 Å². The Bertz CT molecular complexity index is 1350. The zero-order valence-corrected chi connectivity index (χ0v) is 17.6. The van der Waals surface area contributed by atoms with Gasteiger partial charge in [-0.2, -0.15) is 10.0 Å². The minimum absolute atomic E-state index is 0.183. The minimum Gasteiger partial charge on any atom is -0.366 e. The molecule has 0 saturated carbocycles. The third-order valence-electron chi connectivity index (χ3n) is 5.53. The van der Waals surface area contributed by atoms with Crippen LogP contribution in [0.4, 0.5) is 25.2 Å². The van der Waals surface area contributed by atoms with Crippen LogP contribution in [-0.4, -0.2) is 32.3 Å². The van der Waals surface area contributed by atoms with Gasteiger partial charge in [-0.05, 0) is 53.9 Å². The lowest BCUT2D eigenvalue weighted by Gasteiger charge is -2.24. The average Bonchev–Trinajstić information content (AvgIpc) is 3.40. The molecular weight excluding hydrogens is 430 g/mol. The number of rotatable bonds is 3. The van der Waals surface area contributed by atoms with Crippen LogP contribution >= 0.6 is 0 Å². The summed E-state index contributed by atoms with van der Waals surface area (Å²) < 4.78 is 29.0. The molecule has 1 saturated heterocycles. The van der Waals surface area contributed by atoms with Crippen molar-refractivity contribution >= 4 is 23.3 Å².